The van der Waals surface area contributed by atoms with Crippen LogP contribution >= 0.6 is 11.3 Å². The quantitative estimate of drug-likeness (QED) is 0.724. The first-order chi connectivity index (χ1) is 12.9. The summed E-state index contributed by atoms with van der Waals surface area (Å²) in [6.45, 7) is 4.67. The zero-order valence-corrected chi connectivity index (χ0v) is 17.3. The molecule has 1 aliphatic carbocycles. The van der Waals surface area contributed by atoms with Crippen molar-refractivity contribution in [1.82, 2.24) is 9.21 Å². The van der Waals surface area contributed by atoms with Crippen molar-refractivity contribution in [3.05, 3.63) is 41.3 Å². The number of hydrogen-bond acceptors (Lipinski definition) is 4. The molecule has 0 radical (unpaired) electrons. The summed E-state index contributed by atoms with van der Waals surface area (Å²) < 4.78 is 27.5. The number of hydrogen-bond donors (Lipinski definition) is 0. The Morgan fingerprint density at radius 1 is 1.22 bits per heavy atom. The van der Waals surface area contributed by atoms with Crippen molar-refractivity contribution in [3.8, 4) is 0 Å². The Balaban J connectivity index is 1.40. The van der Waals surface area contributed by atoms with Gasteiger partial charge in [-0.1, -0.05) is 29.9 Å². The van der Waals surface area contributed by atoms with Crippen LogP contribution in [0.1, 0.15) is 32.6 Å². The number of allylic oxidation sites excluding steroid dienone is 2. The van der Waals surface area contributed by atoms with Crippen LogP contribution in [0.2, 0.25) is 0 Å². The number of sulfonamides is 1. The fourth-order valence-electron chi connectivity index (χ4n) is 4.49. The Bertz CT molecular complexity index is 863. The molecule has 1 unspecified atom stereocenters. The van der Waals surface area contributed by atoms with E-state index in [0.717, 1.165) is 44.3 Å². The topological polar surface area (TPSA) is 57.7 Å². The van der Waals surface area contributed by atoms with Crippen LogP contribution in [0.5, 0.6) is 0 Å². The molecule has 1 atom stereocenters. The van der Waals surface area contributed by atoms with E-state index in [9.17, 15) is 13.2 Å². The number of thiophene rings is 1. The molecule has 0 aromatic carbocycles. The van der Waals surface area contributed by atoms with E-state index in [1.807, 2.05) is 17.9 Å². The van der Waals surface area contributed by atoms with Crippen molar-refractivity contribution >= 4 is 27.3 Å². The molecule has 3 aliphatic rings. The number of nitrogens with zero attached hydrogens (tertiary/aromatic N) is 2. The van der Waals surface area contributed by atoms with Gasteiger partial charge in [-0.25, -0.2) is 8.42 Å². The zero-order valence-electron chi connectivity index (χ0n) is 15.6. The first-order valence-corrected chi connectivity index (χ1v) is 11.9. The van der Waals surface area contributed by atoms with Crippen LogP contribution in [0, 0.1) is 11.3 Å². The molecule has 0 bridgehead atoms. The van der Waals surface area contributed by atoms with Crippen LogP contribution in [-0.2, 0) is 14.8 Å². The highest BCUT2D eigenvalue weighted by molar-refractivity contribution is 7.91. The number of piperidine rings is 1. The molecule has 4 rings (SSSR count). The molecular weight excluding hydrogens is 380 g/mol. The number of carbonyl (C=O) groups is 1. The van der Waals surface area contributed by atoms with Gasteiger partial charge in [0, 0.05) is 26.2 Å². The molecule has 2 fully saturated rings. The molecule has 0 saturated carbocycles. The van der Waals surface area contributed by atoms with Crippen molar-refractivity contribution in [2.75, 3.05) is 26.2 Å². The largest absolute Gasteiger partial charge is 0.341 e. The van der Waals surface area contributed by atoms with Crippen LogP contribution < -0.4 is 0 Å². The van der Waals surface area contributed by atoms with Gasteiger partial charge < -0.3 is 4.90 Å². The third kappa shape index (κ3) is 3.52. The van der Waals surface area contributed by atoms with Gasteiger partial charge in [-0.05, 0) is 49.5 Å². The average molecular weight is 407 g/mol. The Hall–Kier alpha value is -1.44. The lowest BCUT2D eigenvalue weighted by Gasteiger charge is -2.38. The van der Waals surface area contributed by atoms with Crippen LogP contribution in [0.3, 0.4) is 0 Å². The standard InChI is InChI=1S/C20H26N2O3S2/c1-16-5-2-3-6-17(16)19(23)21-11-8-20(15-21)9-12-22(13-10-20)27(24,25)18-7-4-14-26-18/h3-7,14,17H,2,8-13,15H2,1H3. The molecule has 1 amide bonds. The van der Waals surface area contributed by atoms with Gasteiger partial charge in [-0.2, -0.15) is 4.31 Å². The van der Waals surface area contributed by atoms with Crippen molar-refractivity contribution in [1.29, 1.82) is 0 Å². The molecule has 146 valence electrons. The number of rotatable bonds is 3. The van der Waals surface area contributed by atoms with Crippen LogP contribution in [0.4, 0.5) is 0 Å². The minimum absolute atomic E-state index is 0.0765. The van der Waals surface area contributed by atoms with Gasteiger partial charge >= 0.3 is 0 Å². The van der Waals surface area contributed by atoms with Crippen LogP contribution in [0.15, 0.2) is 45.5 Å². The maximum atomic E-state index is 12.9. The highest BCUT2D eigenvalue weighted by atomic mass is 32.2. The van der Waals surface area contributed by atoms with Gasteiger partial charge in [0.25, 0.3) is 10.0 Å². The summed E-state index contributed by atoms with van der Waals surface area (Å²) in [6, 6.07) is 3.45. The predicted molar refractivity (Wildman–Crippen MR) is 107 cm³/mol. The van der Waals surface area contributed by atoms with Crippen molar-refractivity contribution < 1.29 is 13.2 Å². The lowest BCUT2D eigenvalue weighted by Crippen LogP contribution is -2.45. The minimum Gasteiger partial charge on any atom is -0.341 e. The zero-order chi connectivity index (χ0) is 19.1. The second-order valence-electron chi connectivity index (χ2n) is 7.94. The Kier molecular flexibility index (Phi) is 5.03. The molecule has 1 aromatic heterocycles. The normalized spacial score (nSPS) is 25.7. The monoisotopic (exact) mass is 406 g/mol. The van der Waals surface area contributed by atoms with E-state index in [2.05, 4.69) is 12.2 Å². The molecule has 7 heteroatoms. The predicted octanol–water partition coefficient (Wildman–Crippen LogP) is 3.27. The third-order valence-corrected chi connectivity index (χ3v) is 9.56. The number of amides is 1. The summed E-state index contributed by atoms with van der Waals surface area (Å²) >= 11 is 1.27. The van der Waals surface area contributed by atoms with Gasteiger partial charge in [0.2, 0.25) is 5.91 Å². The summed E-state index contributed by atoms with van der Waals surface area (Å²) in [5, 5.41) is 1.80. The van der Waals surface area contributed by atoms with Gasteiger partial charge in [0.1, 0.15) is 4.21 Å². The third-order valence-electron chi connectivity index (χ3n) is 6.28. The van der Waals surface area contributed by atoms with Gasteiger partial charge in [0.05, 0.1) is 5.92 Å². The molecule has 0 N–H and O–H groups in total. The van der Waals surface area contributed by atoms with Crippen molar-refractivity contribution in [2.24, 2.45) is 11.3 Å². The Labute approximate surface area is 165 Å². The van der Waals surface area contributed by atoms with Crippen LogP contribution in [-0.4, -0.2) is 49.7 Å². The Morgan fingerprint density at radius 3 is 2.63 bits per heavy atom. The molecule has 1 aromatic rings. The molecule has 3 heterocycles. The highest BCUT2D eigenvalue weighted by Gasteiger charge is 2.45. The van der Waals surface area contributed by atoms with Crippen LogP contribution in [0.25, 0.3) is 0 Å². The average Bonchev–Trinajstić information content (AvgIpc) is 3.33. The van der Waals surface area contributed by atoms with Gasteiger partial charge in [-0.15, -0.1) is 11.3 Å². The SMILES string of the molecule is CC1=CCC=CC1C(=O)N1CCC2(CCN(S(=O)(=O)c3cccs3)CC2)C1. The smallest absolute Gasteiger partial charge is 0.252 e. The fraction of sp³-hybridized carbons (Fsp3) is 0.550. The summed E-state index contributed by atoms with van der Waals surface area (Å²) in [7, 11) is -3.36. The second-order valence-corrected chi connectivity index (χ2v) is 11.0. The van der Waals surface area contributed by atoms with E-state index in [4.69, 9.17) is 0 Å². The van der Waals surface area contributed by atoms with Crippen molar-refractivity contribution in [2.45, 2.75) is 36.8 Å². The van der Waals surface area contributed by atoms with E-state index in [-0.39, 0.29) is 17.2 Å². The van der Waals surface area contributed by atoms with E-state index in [1.165, 1.54) is 11.3 Å². The van der Waals surface area contributed by atoms with Crippen molar-refractivity contribution in [3.63, 3.8) is 0 Å². The summed E-state index contributed by atoms with van der Waals surface area (Å²) in [5.74, 6) is 0.0819. The van der Waals surface area contributed by atoms with Gasteiger partial charge in [-0.3, -0.25) is 4.79 Å². The van der Waals surface area contributed by atoms with Gasteiger partial charge in [0.15, 0.2) is 0 Å². The molecule has 2 saturated heterocycles. The summed E-state index contributed by atoms with van der Waals surface area (Å²) in [6.07, 6.45) is 9.77. The van der Waals surface area contributed by atoms with E-state index < -0.39 is 10.0 Å². The molecule has 5 nitrogen and oxygen atoms in total. The molecule has 1 spiro atoms. The number of likely N-dealkylation sites (tertiary alicyclic amines) is 1. The van der Waals surface area contributed by atoms with E-state index in [0.29, 0.717) is 17.3 Å². The maximum absolute atomic E-state index is 12.9. The van der Waals surface area contributed by atoms with E-state index >= 15 is 0 Å². The lowest BCUT2D eigenvalue weighted by molar-refractivity contribution is -0.132. The van der Waals surface area contributed by atoms with E-state index in [1.54, 1.807) is 21.8 Å². The fourth-order valence-corrected chi connectivity index (χ4v) is 7.08. The lowest BCUT2D eigenvalue weighted by atomic mass is 9.78. The Morgan fingerprint density at radius 2 is 1.96 bits per heavy atom. The first-order valence-electron chi connectivity index (χ1n) is 9.57. The molecule has 2 aliphatic heterocycles. The highest BCUT2D eigenvalue weighted by Crippen LogP contribution is 2.42. The minimum atomic E-state index is -3.36. The maximum Gasteiger partial charge on any atom is 0.252 e. The number of carbonyl (C=O) groups excluding carboxylic acids is 1. The second kappa shape index (κ2) is 7.18. The molecular formula is C20H26N2O3S2. The first kappa shape index (κ1) is 18.9. The molecule has 27 heavy (non-hydrogen) atoms. The summed E-state index contributed by atoms with van der Waals surface area (Å²) in [5.41, 5.74) is 1.22. The summed E-state index contributed by atoms with van der Waals surface area (Å²) in [4.78, 5) is 14.9.